The monoisotopic (exact) mass is 319 g/mol. The van der Waals surface area contributed by atoms with Crippen LogP contribution in [0.2, 0.25) is 0 Å². The van der Waals surface area contributed by atoms with Crippen molar-refractivity contribution in [2.24, 2.45) is 5.10 Å². The Bertz CT molecular complexity index is 701. The van der Waals surface area contributed by atoms with Gasteiger partial charge in [-0.1, -0.05) is 6.07 Å². The van der Waals surface area contributed by atoms with E-state index in [4.69, 9.17) is 4.42 Å². The van der Waals surface area contributed by atoms with Gasteiger partial charge in [-0.15, -0.1) is 11.3 Å². The van der Waals surface area contributed by atoms with Gasteiger partial charge in [0.25, 0.3) is 5.91 Å². The Morgan fingerprint density at radius 3 is 2.86 bits per heavy atom. The average molecular weight is 319 g/mol. The van der Waals surface area contributed by atoms with Crippen LogP contribution in [0.15, 0.2) is 33.1 Å². The maximum absolute atomic E-state index is 11.8. The minimum Gasteiger partial charge on any atom is -0.550 e. The lowest BCUT2D eigenvalue weighted by atomic mass is 10.1. The maximum atomic E-state index is 11.8. The molecule has 0 fully saturated rings. The summed E-state index contributed by atoms with van der Waals surface area (Å²) in [6, 6.07) is 5.24. The Kier molecular flexibility index (Phi) is 5.11. The van der Waals surface area contributed by atoms with Gasteiger partial charge in [0.15, 0.2) is 0 Å². The van der Waals surface area contributed by atoms with E-state index in [1.54, 1.807) is 32.0 Å². The first-order valence-electron chi connectivity index (χ1n) is 6.65. The van der Waals surface area contributed by atoms with Crippen LogP contribution in [0.5, 0.6) is 0 Å². The number of hydrogen-bond acceptors (Lipinski definition) is 6. The van der Waals surface area contributed by atoms with Crippen LogP contribution < -0.4 is 10.5 Å². The molecule has 0 bridgehead atoms. The van der Waals surface area contributed by atoms with Gasteiger partial charge in [-0.25, -0.2) is 5.43 Å². The first-order chi connectivity index (χ1) is 10.5. The molecular weight excluding hydrogens is 304 g/mol. The number of thiophene rings is 1. The molecule has 2 aromatic rings. The summed E-state index contributed by atoms with van der Waals surface area (Å²) in [7, 11) is 0. The number of rotatable bonds is 6. The summed E-state index contributed by atoms with van der Waals surface area (Å²) in [5.41, 5.74) is 3.81. The summed E-state index contributed by atoms with van der Waals surface area (Å²) in [4.78, 5) is 22.8. The highest BCUT2D eigenvalue weighted by Crippen LogP contribution is 2.17. The number of aliphatic carboxylic acids is 1. The standard InChI is InChI=1S/C15H16N2O4S/c1-9(16-17-15(20)13-4-3-7-22-13)12-8-11(21-10(12)2)5-6-14(18)19/h3-4,7-8H,5-6H2,1-2H3,(H,17,20)(H,18,19)/p-1/b16-9-. The van der Waals surface area contributed by atoms with Crippen LogP contribution in [0.25, 0.3) is 0 Å². The number of carbonyl (C=O) groups excluding carboxylic acids is 2. The van der Waals surface area contributed by atoms with Crippen molar-refractivity contribution in [1.82, 2.24) is 5.43 Å². The van der Waals surface area contributed by atoms with Crippen LogP contribution in [-0.2, 0) is 11.2 Å². The second-order valence-electron chi connectivity index (χ2n) is 4.67. The van der Waals surface area contributed by atoms with E-state index in [0.29, 0.717) is 22.1 Å². The molecule has 0 aliphatic carbocycles. The number of nitrogens with zero attached hydrogens (tertiary/aromatic N) is 1. The van der Waals surface area contributed by atoms with Gasteiger partial charge in [0.05, 0.1) is 10.6 Å². The van der Waals surface area contributed by atoms with E-state index < -0.39 is 5.97 Å². The minimum atomic E-state index is -1.12. The van der Waals surface area contributed by atoms with Gasteiger partial charge in [-0.2, -0.15) is 5.10 Å². The Morgan fingerprint density at radius 2 is 2.23 bits per heavy atom. The van der Waals surface area contributed by atoms with Gasteiger partial charge in [-0.05, 0) is 37.8 Å². The topological polar surface area (TPSA) is 94.7 Å². The lowest BCUT2D eigenvalue weighted by Crippen LogP contribution is -2.22. The molecule has 1 amide bonds. The number of carboxylic acid groups (broad SMARTS) is 1. The summed E-state index contributed by atoms with van der Waals surface area (Å²) < 4.78 is 5.48. The van der Waals surface area contributed by atoms with Crippen molar-refractivity contribution >= 4 is 28.9 Å². The van der Waals surface area contributed by atoms with Crippen molar-refractivity contribution in [3.8, 4) is 0 Å². The zero-order chi connectivity index (χ0) is 16.1. The number of hydrazone groups is 1. The quantitative estimate of drug-likeness (QED) is 0.644. The Hall–Kier alpha value is -2.41. The average Bonchev–Trinajstić information content (AvgIpc) is 3.11. The molecule has 2 rings (SSSR count). The second-order valence-corrected chi connectivity index (χ2v) is 5.62. The number of hydrogen-bond donors (Lipinski definition) is 1. The van der Waals surface area contributed by atoms with E-state index in [0.717, 1.165) is 5.56 Å². The van der Waals surface area contributed by atoms with Crippen molar-refractivity contribution in [1.29, 1.82) is 0 Å². The number of aryl methyl sites for hydroxylation is 2. The fraction of sp³-hybridized carbons (Fsp3) is 0.267. The van der Waals surface area contributed by atoms with Crippen LogP contribution in [0.3, 0.4) is 0 Å². The number of carbonyl (C=O) groups is 2. The van der Waals surface area contributed by atoms with E-state index >= 15 is 0 Å². The lowest BCUT2D eigenvalue weighted by Gasteiger charge is -2.00. The van der Waals surface area contributed by atoms with Crippen molar-refractivity contribution in [2.75, 3.05) is 0 Å². The second kappa shape index (κ2) is 7.04. The van der Waals surface area contributed by atoms with Crippen LogP contribution in [0.4, 0.5) is 0 Å². The van der Waals surface area contributed by atoms with Crippen LogP contribution in [-0.4, -0.2) is 17.6 Å². The molecule has 2 heterocycles. The number of furan rings is 1. The molecule has 0 spiro atoms. The molecular formula is C15H15N2O4S-. The molecule has 0 aromatic carbocycles. The first-order valence-corrected chi connectivity index (χ1v) is 7.53. The molecule has 6 nitrogen and oxygen atoms in total. The van der Waals surface area contributed by atoms with Crippen molar-refractivity contribution in [3.63, 3.8) is 0 Å². The molecule has 0 aliphatic rings. The summed E-state index contributed by atoms with van der Waals surface area (Å²) >= 11 is 1.33. The number of carboxylic acids is 1. The third kappa shape index (κ3) is 4.05. The molecule has 0 saturated carbocycles. The minimum absolute atomic E-state index is 0.0995. The van der Waals surface area contributed by atoms with E-state index in [1.807, 2.05) is 5.38 Å². The zero-order valence-corrected chi connectivity index (χ0v) is 13.0. The molecule has 1 N–H and O–H groups in total. The SMILES string of the molecule is C/C(=N/NC(=O)c1cccs1)c1cc(CCC(=O)[O-])oc1C. The Morgan fingerprint density at radius 1 is 1.45 bits per heavy atom. The first kappa shape index (κ1) is 16.0. The van der Waals surface area contributed by atoms with Gasteiger partial charge in [0.2, 0.25) is 0 Å². The van der Waals surface area contributed by atoms with Gasteiger partial charge in [-0.3, -0.25) is 4.79 Å². The maximum Gasteiger partial charge on any atom is 0.281 e. The molecule has 0 radical (unpaired) electrons. The fourth-order valence-corrected chi connectivity index (χ4v) is 2.52. The van der Waals surface area contributed by atoms with Crippen LogP contribution >= 0.6 is 11.3 Å². The summed E-state index contributed by atoms with van der Waals surface area (Å²) in [6.45, 7) is 3.51. The van der Waals surface area contributed by atoms with Crippen molar-refractivity contribution in [2.45, 2.75) is 26.7 Å². The van der Waals surface area contributed by atoms with E-state index in [1.165, 1.54) is 11.3 Å². The molecule has 0 atom stereocenters. The predicted molar refractivity (Wildman–Crippen MR) is 80.8 cm³/mol. The zero-order valence-electron chi connectivity index (χ0n) is 12.2. The van der Waals surface area contributed by atoms with Crippen LogP contribution in [0.1, 0.15) is 40.1 Å². The molecule has 22 heavy (non-hydrogen) atoms. The molecule has 2 aromatic heterocycles. The van der Waals surface area contributed by atoms with Crippen molar-refractivity contribution < 1.29 is 19.1 Å². The van der Waals surface area contributed by atoms with Crippen molar-refractivity contribution in [3.05, 3.63) is 45.5 Å². The third-order valence-corrected chi connectivity index (χ3v) is 3.87. The third-order valence-electron chi connectivity index (χ3n) is 3.00. The van der Waals surface area contributed by atoms with E-state index in [-0.39, 0.29) is 18.7 Å². The summed E-state index contributed by atoms with van der Waals surface area (Å²) in [5, 5.41) is 16.3. The normalized spacial score (nSPS) is 11.5. The summed E-state index contributed by atoms with van der Waals surface area (Å²) in [5.74, 6) is -0.215. The predicted octanol–water partition coefficient (Wildman–Crippen LogP) is 1.49. The van der Waals surface area contributed by atoms with Gasteiger partial charge >= 0.3 is 0 Å². The number of amides is 1. The highest BCUT2D eigenvalue weighted by Gasteiger charge is 2.11. The van der Waals surface area contributed by atoms with Gasteiger partial charge in [0, 0.05) is 18.0 Å². The fourth-order valence-electron chi connectivity index (χ4n) is 1.91. The largest absolute Gasteiger partial charge is 0.550 e. The molecule has 0 aliphatic heterocycles. The van der Waals surface area contributed by atoms with E-state index in [9.17, 15) is 14.7 Å². The molecule has 116 valence electrons. The highest BCUT2D eigenvalue weighted by atomic mass is 32.1. The Labute approximate surface area is 131 Å². The molecule has 0 saturated heterocycles. The lowest BCUT2D eigenvalue weighted by molar-refractivity contribution is -0.305. The molecule has 7 heteroatoms. The van der Waals surface area contributed by atoms with Gasteiger partial charge in [0.1, 0.15) is 11.5 Å². The van der Waals surface area contributed by atoms with Gasteiger partial charge < -0.3 is 14.3 Å². The van der Waals surface area contributed by atoms with E-state index in [2.05, 4.69) is 10.5 Å². The Balaban J connectivity index is 2.05. The smallest absolute Gasteiger partial charge is 0.281 e. The summed E-state index contributed by atoms with van der Waals surface area (Å²) in [6.07, 6.45) is 0.162. The molecule has 0 unspecified atom stereocenters. The number of nitrogens with one attached hydrogen (secondary N) is 1. The highest BCUT2D eigenvalue weighted by molar-refractivity contribution is 7.12. The van der Waals surface area contributed by atoms with Crippen LogP contribution in [0, 0.1) is 6.92 Å².